The summed E-state index contributed by atoms with van der Waals surface area (Å²) >= 11 is 0. The molecule has 0 saturated carbocycles. The number of hydrogen-bond donors (Lipinski definition) is 0. The Kier molecular flexibility index (Phi) is 10.0. The van der Waals surface area contributed by atoms with Crippen LogP contribution in [0.25, 0.3) is 76.4 Å². The molecule has 10 aromatic carbocycles. The number of hydrogen-bond acceptors (Lipinski definition) is 1. The molecule has 0 radical (unpaired) electrons. The molecular formula is C65H59NS. The van der Waals surface area contributed by atoms with Crippen molar-refractivity contribution in [2.45, 2.75) is 98.1 Å². The van der Waals surface area contributed by atoms with E-state index >= 15 is 0 Å². The second-order valence-corrected chi connectivity index (χ2v) is 24.8. The fraction of sp³-hybridized carbons (Fsp3) is 0.185. The van der Waals surface area contributed by atoms with Gasteiger partial charge in [-0.3, -0.25) is 0 Å². The minimum Gasteiger partial charge on any atom is -0.247 e. The summed E-state index contributed by atoms with van der Waals surface area (Å²) in [7, 11) is -2.01. The first-order chi connectivity index (χ1) is 32.1. The van der Waals surface area contributed by atoms with E-state index in [1.54, 1.807) is 0 Å². The first-order valence-corrected chi connectivity index (χ1v) is 25.5. The van der Waals surface area contributed by atoms with Crippen molar-refractivity contribution in [1.82, 2.24) is 4.98 Å². The molecule has 11 aromatic rings. The highest BCUT2D eigenvalue weighted by Crippen LogP contribution is 2.74. The Morgan fingerprint density at radius 2 is 0.821 bits per heavy atom. The predicted octanol–water partition coefficient (Wildman–Crippen LogP) is 18.9. The second-order valence-electron chi connectivity index (χ2n) is 21.6. The number of fused-ring (bicyclic) bond motifs is 4. The molecule has 0 aliphatic rings. The lowest BCUT2D eigenvalue weighted by Crippen LogP contribution is -2.13. The van der Waals surface area contributed by atoms with Crippen LogP contribution < -0.4 is 0 Å². The first-order valence-electron chi connectivity index (χ1n) is 23.8. The van der Waals surface area contributed by atoms with Crippen molar-refractivity contribution in [3.63, 3.8) is 0 Å². The number of aromatic nitrogens is 1. The Balaban J connectivity index is 1.18. The summed E-state index contributed by atoms with van der Waals surface area (Å²) in [6.07, 6.45) is 0. The van der Waals surface area contributed by atoms with Crippen LogP contribution in [0.15, 0.2) is 214 Å². The van der Waals surface area contributed by atoms with E-state index in [0.29, 0.717) is 0 Å². The Morgan fingerprint density at radius 1 is 0.328 bits per heavy atom. The highest BCUT2D eigenvalue weighted by atomic mass is 32.3. The fourth-order valence-electron chi connectivity index (χ4n) is 10.5. The maximum absolute atomic E-state index is 5.30. The van der Waals surface area contributed by atoms with Crippen LogP contribution in [0.4, 0.5) is 0 Å². The van der Waals surface area contributed by atoms with E-state index in [4.69, 9.17) is 4.98 Å². The maximum atomic E-state index is 5.30. The van der Waals surface area contributed by atoms with E-state index in [2.05, 4.69) is 256 Å². The van der Waals surface area contributed by atoms with E-state index < -0.39 is 10.0 Å². The minimum atomic E-state index is -2.01. The van der Waals surface area contributed by atoms with Crippen LogP contribution >= 0.6 is 10.0 Å². The van der Waals surface area contributed by atoms with Gasteiger partial charge < -0.3 is 0 Å². The van der Waals surface area contributed by atoms with E-state index in [0.717, 1.165) is 16.8 Å². The van der Waals surface area contributed by atoms with Gasteiger partial charge in [-0.2, -0.15) is 0 Å². The molecular weight excluding hydrogens is 827 g/mol. The second kappa shape index (κ2) is 15.7. The molecule has 330 valence electrons. The van der Waals surface area contributed by atoms with Gasteiger partial charge >= 0.3 is 0 Å². The minimum absolute atomic E-state index is 0.0363. The van der Waals surface area contributed by atoms with Gasteiger partial charge in [0, 0.05) is 41.3 Å². The first kappa shape index (κ1) is 42.9. The molecule has 0 aliphatic carbocycles. The van der Waals surface area contributed by atoms with E-state index in [-0.39, 0.29) is 16.2 Å². The van der Waals surface area contributed by atoms with Crippen LogP contribution in [0.3, 0.4) is 0 Å². The van der Waals surface area contributed by atoms with E-state index in [1.165, 1.54) is 95.9 Å². The largest absolute Gasteiger partial charge is 0.247 e. The van der Waals surface area contributed by atoms with Crippen LogP contribution in [0.1, 0.15) is 79.0 Å². The Labute approximate surface area is 398 Å². The lowest BCUT2D eigenvalue weighted by atomic mass is 9.86. The smallest absolute Gasteiger partial charge is 0.0788 e. The van der Waals surface area contributed by atoms with Gasteiger partial charge in [-0.1, -0.05) is 196 Å². The third-order valence-electron chi connectivity index (χ3n) is 14.2. The molecule has 67 heavy (non-hydrogen) atoms. The number of nitrogens with zero attached hydrogens (tertiary/aromatic N) is 1. The molecule has 1 nitrogen and oxygen atoms in total. The zero-order valence-corrected chi connectivity index (χ0v) is 41.1. The topological polar surface area (TPSA) is 12.9 Å². The van der Waals surface area contributed by atoms with Crippen LogP contribution in [-0.2, 0) is 16.2 Å². The van der Waals surface area contributed by atoms with Crippen LogP contribution in [0, 0.1) is 0 Å². The van der Waals surface area contributed by atoms with Gasteiger partial charge in [0.1, 0.15) is 0 Å². The summed E-state index contributed by atoms with van der Waals surface area (Å²) < 4.78 is 0. The summed E-state index contributed by atoms with van der Waals surface area (Å²) in [6, 6.07) is 74.2. The molecule has 1 aromatic heterocycles. The monoisotopic (exact) mass is 885 g/mol. The molecule has 0 saturated heterocycles. The van der Waals surface area contributed by atoms with E-state index in [1.807, 2.05) is 0 Å². The molecule has 0 N–H and O–H groups in total. The highest BCUT2D eigenvalue weighted by molar-refractivity contribution is 8.34. The van der Waals surface area contributed by atoms with E-state index in [9.17, 15) is 0 Å². The van der Waals surface area contributed by atoms with Crippen LogP contribution in [0.2, 0.25) is 0 Å². The zero-order chi connectivity index (χ0) is 46.5. The molecule has 0 unspecified atom stereocenters. The van der Waals surface area contributed by atoms with Crippen molar-refractivity contribution < 1.29 is 0 Å². The van der Waals surface area contributed by atoms with Crippen molar-refractivity contribution in [3.05, 3.63) is 211 Å². The number of benzene rings is 10. The van der Waals surface area contributed by atoms with Crippen molar-refractivity contribution in [2.75, 3.05) is 0 Å². The lowest BCUT2D eigenvalue weighted by molar-refractivity contribution is 0.589. The average molecular weight is 886 g/mol. The summed E-state index contributed by atoms with van der Waals surface area (Å²) in [5.41, 5.74) is 9.77. The normalized spacial score (nSPS) is 13.1. The third kappa shape index (κ3) is 7.11. The van der Waals surface area contributed by atoms with Gasteiger partial charge in [-0.05, 0) is 137 Å². The van der Waals surface area contributed by atoms with Crippen molar-refractivity contribution in [1.29, 1.82) is 0 Å². The summed E-state index contributed by atoms with van der Waals surface area (Å²) in [6.45, 7) is 20.8. The predicted molar refractivity (Wildman–Crippen MR) is 290 cm³/mol. The molecule has 0 bridgehead atoms. The number of para-hydroxylation sites is 1. The molecule has 0 aliphatic heterocycles. The van der Waals surface area contributed by atoms with Crippen molar-refractivity contribution >= 4 is 64.0 Å². The molecule has 0 fully saturated rings. The summed E-state index contributed by atoms with van der Waals surface area (Å²) in [5, 5.41) is 11.3. The molecule has 0 spiro atoms. The van der Waals surface area contributed by atoms with Gasteiger partial charge in [0.2, 0.25) is 0 Å². The fourth-order valence-corrected chi connectivity index (χ4v) is 14.4. The van der Waals surface area contributed by atoms with Gasteiger partial charge in [0.15, 0.2) is 0 Å². The Bertz CT molecular complexity index is 3500. The van der Waals surface area contributed by atoms with Crippen molar-refractivity contribution in [3.8, 4) is 22.4 Å². The SMILES string of the molecule is CC(C)(C)c1ccc(S(c2ccc(C(C)(C)C)cc2)(c2ccc(C(C)(C)C)cc2)c2cccc(-c3ccc4ccc5c6c(cc7ccc3c4c75)c(-c3ccccc3)nc3ccccc36)c2)cc1. The number of pyridine rings is 1. The molecule has 0 atom stereocenters. The van der Waals surface area contributed by atoms with Crippen LogP contribution in [-0.4, -0.2) is 4.98 Å². The Hall–Kier alpha value is -6.74. The average Bonchev–Trinajstić information content (AvgIpc) is 3.33. The quantitative estimate of drug-likeness (QED) is 0.120. The van der Waals surface area contributed by atoms with Crippen LogP contribution in [0.5, 0.6) is 0 Å². The highest BCUT2D eigenvalue weighted by Gasteiger charge is 2.35. The zero-order valence-electron chi connectivity index (χ0n) is 40.3. The van der Waals surface area contributed by atoms with Gasteiger partial charge in [0.05, 0.1) is 11.2 Å². The molecule has 11 rings (SSSR count). The third-order valence-corrected chi connectivity index (χ3v) is 18.1. The number of rotatable bonds is 6. The molecule has 2 heteroatoms. The summed E-state index contributed by atoms with van der Waals surface area (Å²) in [4.78, 5) is 10.6. The van der Waals surface area contributed by atoms with Gasteiger partial charge in [0.25, 0.3) is 0 Å². The molecule has 1 heterocycles. The van der Waals surface area contributed by atoms with Gasteiger partial charge in [-0.15, -0.1) is 10.0 Å². The maximum Gasteiger partial charge on any atom is 0.0788 e. The lowest BCUT2D eigenvalue weighted by Gasteiger charge is -2.43. The Morgan fingerprint density at radius 3 is 1.40 bits per heavy atom. The standard InChI is InChI=1S/C65H59NS/c1-63(2,3)46-25-31-49(32-26-46)67(50-33-27-47(28-34-50)64(4,5)6,51-35-29-48(30-36-51)65(7,8)9)52-19-15-18-44(40-52)53-37-22-42-23-39-56-60-45(24-38-54(53)59(42)60)41-57-61(56)55-20-13-14-21-58(55)66-62(57)43-16-11-10-12-17-43/h10-41H,1-9H3. The van der Waals surface area contributed by atoms with Gasteiger partial charge in [-0.25, -0.2) is 4.98 Å². The summed E-state index contributed by atoms with van der Waals surface area (Å²) in [5.74, 6) is 0. The van der Waals surface area contributed by atoms with Crippen molar-refractivity contribution in [2.24, 2.45) is 0 Å². The molecule has 0 amide bonds.